The number of rotatable bonds is 23. The molecule has 2 N–H and O–H groups in total. The lowest BCUT2D eigenvalue weighted by Gasteiger charge is -2.14. The highest BCUT2D eigenvalue weighted by Gasteiger charge is 2.07. The second kappa shape index (κ2) is 21.6. The van der Waals surface area contributed by atoms with Crippen molar-refractivity contribution in [3.8, 4) is 11.5 Å². The lowest BCUT2D eigenvalue weighted by Crippen LogP contribution is -2.04. The van der Waals surface area contributed by atoms with Crippen molar-refractivity contribution in [3.05, 3.63) is 23.8 Å². The topological polar surface area (TPSA) is 44.5 Å². The Morgan fingerprint density at radius 2 is 1.03 bits per heavy atom. The van der Waals surface area contributed by atoms with E-state index in [0.717, 1.165) is 56.9 Å². The quantitative estimate of drug-likeness (QED) is 0.171. The molecule has 0 spiro atoms. The second-order valence-electron chi connectivity index (χ2n) is 9.32. The molecule has 0 saturated heterocycles. The maximum absolute atomic E-state index is 6.18. The largest absolute Gasteiger partial charge is 0.490 e. The molecule has 0 aromatic heterocycles. The van der Waals surface area contributed by atoms with E-state index in [4.69, 9.17) is 15.2 Å². The Morgan fingerprint density at radius 1 is 0.562 bits per heavy atom. The van der Waals surface area contributed by atoms with Crippen LogP contribution in [0.25, 0.3) is 0 Å². The lowest BCUT2D eigenvalue weighted by molar-refractivity contribution is 0.258. The fourth-order valence-electron chi connectivity index (χ4n) is 4.08. The number of aryl methyl sites for hydroxylation is 1. The third-order valence-electron chi connectivity index (χ3n) is 6.19. The molecule has 1 rings (SSSR count). The fraction of sp³-hybridized carbons (Fsp3) is 0.793. The molecule has 0 aliphatic rings. The van der Waals surface area contributed by atoms with E-state index in [1.807, 2.05) is 0 Å². The molecule has 1 aromatic rings. The van der Waals surface area contributed by atoms with Gasteiger partial charge in [0.05, 0.1) is 13.2 Å². The average molecular weight is 448 g/mol. The van der Waals surface area contributed by atoms with Gasteiger partial charge in [-0.3, -0.25) is 0 Å². The van der Waals surface area contributed by atoms with Crippen LogP contribution in [0.3, 0.4) is 0 Å². The van der Waals surface area contributed by atoms with Gasteiger partial charge in [0.1, 0.15) is 0 Å². The molecular weight excluding hydrogens is 394 g/mol. The van der Waals surface area contributed by atoms with Crippen LogP contribution >= 0.6 is 0 Å². The van der Waals surface area contributed by atoms with Crippen molar-refractivity contribution < 1.29 is 9.47 Å². The first kappa shape index (κ1) is 28.8. The van der Waals surface area contributed by atoms with E-state index in [9.17, 15) is 0 Å². The van der Waals surface area contributed by atoms with Crippen LogP contribution in [0.4, 0.5) is 0 Å². The number of hydrogen-bond acceptors (Lipinski definition) is 3. The Kier molecular flexibility index (Phi) is 19.5. The Bertz CT molecular complexity index is 532. The number of ether oxygens (including phenoxy) is 2. The van der Waals surface area contributed by atoms with Crippen LogP contribution in [-0.2, 0) is 6.42 Å². The van der Waals surface area contributed by atoms with Crippen molar-refractivity contribution in [2.45, 2.75) is 129 Å². The first-order valence-electron chi connectivity index (χ1n) is 13.9. The molecule has 0 amide bonds. The standard InChI is InChI=1S/C29H53NO2/c1-3-5-7-9-11-13-15-17-24-31-28-22-21-27(20-19-23-30)26-29(28)32-25-18-16-14-12-10-8-6-4-2/h21-22,26H,3-20,23-25,30H2,1-2H3. The third-order valence-corrected chi connectivity index (χ3v) is 6.19. The van der Waals surface area contributed by atoms with Gasteiger partial charge in [0.2, 0.25) is 0 Å². The summed E-state index contributed by atoms with van der Waals surface area (Å²) >= 11 is 0. The number of hydrogen-bond donors (Lipinski definition) is 1. The summed E-state index contributed by atoms with van der Waals surface area (Å²) in [5, 5.41) is 0. The Hall–Kier alpha value is -1.22. The molecule has 0 aliphatic heterocycles. The minimum absolute atomic E-state index is 0.727. The summed E-state index contributed by atoms with van der Waals surface area (Å²) in [5.41, 5.74) is 6.99. The maximum Gasteiger partial charge on any atom is 0.161 e. The van der Waals surface area contributed by atoms with Gasteiger partial charge in [0, 0.05) is 0 Å². The van der Waals surface area contributed by atoms with Gasteiger partial charge in [-0.1, -0.05) is 110 Å². The maximum atomic E-state index is 6.18. The number of benzene rings is 1. The molecule has 0 aliphatic carbocycles. The van der Waals surface area contributed by atoms with Crippen LogP contribution in [0.5, 0.6) is 11.5 Å². The van der Waals surface area contributed by atoms with Crippen molar-refractivity contribution in [1.82, 2.24) is 0 Å². The molecule has 0 heterocycles. The summed E-state index contributed by atoms with van der Waals surface area (Å²) in [6.07, 6.45) is 23.1. The third kappa shape index (κ3) is 15.6. The highest BCUT2D eigenvalue weighted by Crippen LogP contribution is 2.29. The van der Waals surface area contributed by atoms with Crippen LogP contribution in [-0.4, -0.2) is 19.8 Å². The van der Waals surface area contributed by atoms with E-state index in [0.29, 0.717) is 0 Å². The predicted octanol–water partition coefficient (Wildman–Crippen LogP) is 8.62. The van der Waals surface area contributed by atoms with Crippen molar-refractivity contribution in [2.24, 2.45) is 5.73 Å². The van der Waals surface area contributed by atoms with Gasteiger partial charge in [-0.25, -0.2) is 0 Å². The van der Waals surface area contributed by atoms with E-state index in [1.54, 1.807) is 0 Å². The number of nitrogens with two attached hydrogens (primary N) is 1. The van der Waals surface area contributed by atoms with E-state index in [2.05, 4.69) is 32.0 Å². The first-order chi connectivity index (χ1) is 15.8. The van der Waals surface area contributed by atoms with Gasteiger partial charge < -0.3 is 15.2 Å². The molecule has 3 nitrogen and oxygen atoms in total. The van der Waals surface area contributed by atoms with Crippen LogP contribution in [0.1, 0.15) is 129 Å². The normalized spacial score (nSPS) is 11.1. The molecule has 0 saturated carbocycles. The van der Waals surface area contributed by atoms with Gasteiger partial charge in [0.25, 0.3) is 0 Å². The fourth-order valence-corrected chi connectivity index (χ4v) is 4.08. The Balaban J connectivity index is 2.32. The molecule has 186 valence electrons. The summed E-state index contributed by atoms with van der Waals surface area (Å²) < 4.78 is 12.3. The van der Waals surface area contributed by atoms with Gasteiger partial charge in [-0.15, -0.1) is 0 Å². The molecule has 0 bridgehead atoms. The summed E-state index contributed by atoms with van der Waals surface area (Å²) in [6, 6.07) is 6.44. The lowest BCUT2D eigenvalue weighted by atomic mass is 10.1. The van der Waals surface area contributed by atoms with E-state index >= 15 is 0 Å². The van der Waals surface area contributed by atoms with Crippen molar-refractivity contribution in [2.75, 3.05) is 19.8 Å². The predicted molar refractivity (Wildman–Crippen MR) is 140 cm³/mol. The van der Waals surface area contributed by atoms with Gasteiger partial charge >= 0.3 is 0 Å². The summed E-state index contributed by atoms with van der Waals surface area (Å²) in [5.74, 6) is 1.83. The average Bonchev–Trinajstić information content (AvgIpc) is 2.81. The molecule has 32 heavy (non-hydrogen) atoms. The Morgan fingerprint density at radius 3 is 1.53 bits per heavy atom. The number of unbranched alkanes of at least 4 members (excludes halogenated alkanes) is 14. The highest BCUT2D eigenvalue weighted by molar-refractivity contribution is 5.43. The molecule has 0 radical (unpaired) electrons. The van der Waals surface area contributed by atoms with Gasteiger partial charge in [-0.05, 0) is 49.9 Å². The van der Waals surface area contributed by atoms with E-state index in [1.165, 1.54) is 95.5 Å². The monoisotopic (exact) mass is 447 g/mol. The van der Waals surface area contributed by atoms with E-state index < -0.39 is 0 Å². The van der Waals surface area contributed by atoms with Crippen LogP contribution in [0, 0.1) is 0 Å². The second-order valence-corrected chi connectivity index (χ2v) is 9.32. The summed E-state index contributed by atoms with van der Waals surface area (Å²) in [7, 11) is 0. The minimum atomic E-state index is 0.727. The zero-order valence-corrected chi connectivity index (χ0v) is 21.5. The van der Waals surface area contributed by atoms with Crippen LogP contribution in [0.15, 0.2) is 18.2 Å². The van der Waals surface area contributed by atoms with Gasteiger partial charge in [-0.2, -0.15) is 0 Å². The summed E-state index contributed by atoms with van der Waals surface area (Å²) in [4.78, 5) is 0. The first-order valence-corrected chi connectivity index (χ1v) is 13.9. The van der Waals surface area contributed by atoms with Crippen LogP contribution in [0.2, 0.25) is 0 Å². The van der Waals surface area contributed by atoms with Crippen molar-refractivity contribution >= 4 is 0 Å². The summed E-state index contributed by atoms with van der Waals surface area (Å²) in [6.45, 7) is 6.84. The molecule has 0 fully saturated rings. The zero-order valence-electron chi connectivity index (χ0n) is 21.5. The smallest absolute Gasteiger partial charge is 0.161 e. The molecule has 3 heteroatoms. The molecule has 0 atom stereocenters. The van der Waals surface area contributed by atoms with Crippen molar-refractivity contribution in [1.29, 1.82) is 0 Å². The van der Waals surface area contributed by atoms with E-state index in [-0.39, 0.29) is 0 Å². The van der Waals surface area contributed by atoms with Crippen molar-refractivity contribution in [3.63, 3.8) is 0 Å². The molecule has 1 aromatic carbocycles. The minimum Gasteiger partial charge on any atom is -0.490 e. The molecular formula is C29H53NO2. The van der Waals surface area contributed by atoms with Gasteiger partial charge in [0.15, 0.2) is 11.5 Å². The molecule has 0 unspecified atom stereocenters. The zero-order chi connectivity index (χ0) is 23.1. The Labute approximate surface area is 199 Å². The van der Waals surface area contributed by atoms with Crippen LogP contribution < -0.4 is 15.2 Å². The SMILES string of the molecule is CCCCCCCCCCOc1ccc(CCCN)cc1OCCCCCCCCCC. The highest BCUT2D eigenvalue weighted by atomic mass is 16.5.